The first-order valence-electron chi connectivity index (χ1n) is 6.57. The Balaban J connectivity index is 1.60. The van der Waals surface area contributed by atoms with Crippen LogP contribution in [0.1, 0.15) is 5.69 Å². The molecule has 0 fully saturated rings. The SMILES string of the molecule is Cn1cccc1/C=N\NC(=O)[C@H]1COc2ccccc2O1. The standard InChI is InChI=1S/C15H15N3O3/c1-18-8-4-5-11(18)9-16-17-15(19)14-10-20-12-6-2-3-7-13(12)21-14/h2-9,14H,10H2,1H3,(H,17,19)/b16-9-/t14-/m1/s1. The van der Waals surface area contributed by atoms with Crippen molar-refractivity contribution in [2.75, 3.05) is 6.61 Å². The van der Waals surface area contributed by atoms with E-state index < -0.39 is 6.10 Å². The van der Waals surface area contributed by atoms with Crippen LogP contribution < -0.4 is 14.9 Å². The fourth-order valence-electron chi connectivity index (χ4n) is 1.99. The number of benzene rings is 1. The number of aryl methyl sites for hydroxylation is 1. The molecule has 2 aromatic rings. The summed E-state index contributed by atoms with van der Waals surface area (Å²) in [4.78, 5) is 12.0. The summed E-state index contributed by atoms with van der Waals surface area (Å²) in [5.41, 5.74) is 3.35. The first-order valence-corrected chi connectivity index (χ1v) is 6.57. The van der Waals surface area contributed by atoms with E-state index in [1.807, 2.05) is 42.1 Å². The fraction of sp³-hybridized carbons (Fsp3) is 0.200. The van der Waals surface area contributed by atoms with Crippen LogP contribution in [-0.4, -0.2) is 29.4 Å². The van der Waals surface area contributed by atoms with Crippen molar-refractivity contribution in [1.29, 1.82) is 0 Å². The topological polar surface area (TPSA) is 64.9 Å². The van der Waals surface area contributed by atoms with E-state index in [0.29, 0.717) is 11.5 Å². The summed E-state index contributed by atoms with van der Waals surface area (Å²) in [6.45, 7) is 0.169. The highest BCUT2D eigenvalue weighted by molar-refractivity contribution is 5.84. The summed E-state index contributed by atoms with van der Waals surface area (Å²) >= 11 is 0. The van der Waals surface area contributed by atoms with Crippen LogP contribution >= 0.6 is 0 Å². The molecule has 0 spiro atoms. The van der Waals surface area contributed by atoms with Gasteiger partial charge in [-0.15, -0.1) is 0 Å². The number of ether oxygens (including phenoxy) is 2. The van der Waals surface area contributed by atoms with Crippen LogP contribution in [0.15, 0.2) is 47.7 Å². The molecule has 1 aromatic heterocycles. The van der Waals surface area contributed by atoms with Gasteiger partial charge >= 0.3 is 0 Å². The third-order valence-corrected chi connectivity index (χ3v) is 3.16. The molecule has 6 heteroatoms. The van der Waals surface area contributed by atoms with Crippen molar-refractivity contribution >= 4 is 12.1 Å². The number of carbonyl (C=O) groups excluding carboxylic acids is 1. The molecule has 108 valence electrons. The predicted molar refractivity (Wildman–Crippen MR) is 77.5 cm³/mol. The second-order valence-corrected chi connectivity index (χ2v) is 4.64. The Morgan fingerprint density at radius 3 is 2.90 bits per heavy atom. The lowest BCUT2D eigenvalue weighted by molar-refractivity contribution is -0.130. The van der Waals surface area contributed by atoms with Gasteiger partial charge in [0.05, 0.1) is 11.9 Å². The number of nitrogens with zero attached hydrogens (tertiary/aromatic N) is 2. The number of amides is 1. The molecule has 1 amide bonds. The van der Waals surface area contributed by atoms with Crippen molar-refractivity contribution in [3.05, 3.63) is 48.3 Å². The van der Waals surface area contributed by atoms with Crippen LogP contribution in [0.2, 0.25) is 0 Å². The van der Waals surface area contributed by atoms with Gasteiger partial charge in [-0.2, -0.15) is 5.10 Å². The maximum atomic E-state index is 12.0. The Hall–Kier alpha value is -2.76. The highest BCUT2D eigenvalue weighted by Gasteiger charge is 2.26. The number of nitrogens with one attached hydrogen (secondary N) is 1. The molecule has 1 N–H and O–H groups in total. The molecule has 1 aromatic carbocycles. The van der Waals surface area contributed by atoms with Gasteiger partial charge in [-0.3, -0.25) is 4.79 Å². The number of carbonyl (C=O) groups is 1. The molecule has 0 saturated heterocycles. The molecule has 1 aliphatic rings. The first kappa shape index (κ1) is 13.2. The highest BCUT2D eigenvalue weighted by atomic mass is 16.6. The Morgan fingerprint density at radius 1 is 1.33 bits per heavy atom. The van der Waals surface area contributed by atoms with Crippen LogP contribution in [0.3, 0.4) is 0 Å². The van der Waals surface area contributed by atoms with Crippen LogP contribution in [0, 0.1) is 0 Å². The molecule has 0 aliphatic carbocycles. The quantitative estimate of drug-likeness (QED) is 0.683. The number of hydrazone groups is 1. The van der Waals surface area contributed by atoms with Crippen molar-refractivity contribution < 1.29 is 14.3 Å². The third kappa shape index (κ3) is 2.89. The van der Waals surface area contributed by atoms with Crippen molar-refractivity contribution in [1.82, 2.24) is 9.99 Å². The lowest BCUT2D eigenvalue weighted by Gasteiger charge is -2.24. The number of hydrogen-bond acceptors (Lipinski definition) is 4. The van der Waals surface area contributed by atoms with Crippen molar-refractivity contribution in [2.24, 2.45) is 12.1 Å². The molecule has 0 saturated carbocycles. The van der Waals surface area contributed by atoms with Crippen LogP contribution in [0.5, 0.6) is 11.5 Å². The molecule has 6 nitrogen and oxygen atoms in total. The molecular formula is C15H15N3O3. The monoisotopic (exact) mass is 285 g/mol. The van der Waals surface area contributed by atoms with Gasteiger partial charge in [-0.1, -0.05) is 12.1 Å². The smallest absolute Gasteiger partial charge is 0.284 e. The normalized spacial score (nSPS) is 16.9. The highest BCUT2D eigenvalue weighted by Crippen LogP contribution is 2.30. The summed E-state index contributed by atoms with van der Waals surface area (Å²) in [5.74, 6) is 0.874. The van der Waals surface area contributed by atoms with E-state index in [0.717, 1.165) is 5.69 Å². The third-order valence-electron chi connectivity index (χ3n) is 3.16. The molecule has 1 atom stereocenters. The molecule has 1 aliphatic heterocycles. The number of para-hydroxylation sites is 2. The zero-order valence-corrected chi connectivity index (χ0v) is 11.5. The Bertz CT molecular complexity index is 678. The maximum absolute atomic E-state index is 12.0. The molecule has 0 bridgehead atoms. The molecule has 3 rings (SSSR count). The lowest BCUT2D eigenvalue weighted by atomic mass is 10.2. The molecule has 0 unspecified atom stereocenters. The Kier molecular flexibility index (Phi) is 3.59. The lowest BCUT2D eigenvalue weighted by Crippen LogP contribution is -2.42. The van der Waals surface area contributed by atoms with E-state index in [1.54, 1.807) is 18.3 Å². The van der Waals surface area contributed by atoms with Gasteiger partial charge in [-0.25, -0.2) is 5.43 Å². The minimum Gasteiger partial charge on any atom is -0.485 e. The van der Waals surface area contributed by atoms with E-state index in [4.69, 9.17) is 9.47 Å². The van der Waals surface area contributed by atoms with E-state index in [1.165, 1.54) is 0 Å². The van der Waals surface area contributed by atoms with Gasteiger partial charge in [0.2, 0.25) is 6.10 Å². The van der Waals surface area contributed by atoms with Crippen molar-refractivity contribution in [2.45, 2.75) is 6.10 Å². The van der Waals surface area contributed by atoms with Gasteiger partial charge in [0.15, 0.2) is 11.5 Å². The van der Waals surface area contributed by atoms with Crippen molar-refractivity contribution in [3.63, 3.8) is 0 Å². The minimum absolute atomic E-state index is 0.169. The number of fused-ring (bicyclic) bond motifs is 1. The minimum atomic E-state index is -0.703. The summed E-state index contributed by atoms with van der Waals surface area (Å²) < 4.78 is 13.0. The van der Waals surface area contributed by atoms with E-state index >= 15 is 0 Å². The predicted octanol–water partition coefficient (Wildman–Crippen LogP) is 1.32. The van der Waals surface area contributed by atoms with E-state index in [-0.39, 0.29) is 12.5 Å². The molecule has 21 heavy (non-hydrogen) atoms. The summed E-state index contributed by atoms with van der Waals surface area (Å²) in [7, 11) is 1.90. The molecule has 0 radical (unpaired) electrons. The summed E-state index contributed by atoms with van der Waals surface area (Å²) in [5, 5.41) is 3.92. The molecular weight excluding hydrogens is 270 g/mol. The summed E-state index contributed by atoms with van der Waals surface area (Å²) in [6.07, 6.45) is 2.78. The largest absolute Gasteiger partial charge is 0.485 e. The van der Waals surface area contributed by atoms with E-state index in [2.05, 4.69) is 10.5 Å². The van der Waals surface area contributed by atoms with Gasteiger partial charge in [-0.05, 0) is 24.3 Å². The van der Waals surface area contributed by atoms with Crippen LogP contribution in [-0.2, 0) is 11.8 Å². The average molecular weight is 285 g/mol. The number of aromatic nitrogens is 1. The van der Waals surface area contributed by atoms with Gasteiger partial charge in [0.25, 0.3) is 5.91 Å². The van der Waals surface area contributed by atoms with Gasteiger partial charge < -0.3 is 14.0 Å². The Labute approximate surface area is 122 Å². The zero-order chi connectivity index (χ0) is 14.7. The van der Waals surface area contributed by atoms with Crippen molar-refractivity contribution in [3.8, 4) is 11.5 Å². The zero-order valence-electron chi connectivity index (χ0n) is 11.5. The second-order valence-electron chi connectivity index (χ2n) is 4.64. The van der Waals surface area contributed by atoms with Crippen LogP contribution in [0.4, 0.5) is 0 Å². The average Bonchev–Trinajstić information content (AvgIpc) is 2.92. The number of rotatable bonds is 3. The van der Waals surface area contributed by atoms with Crippen LogP contribution in [0.25, 0.3) is 0 Å². The summed E-state index contributed by atoms with van der Waals surface area (Å²) in [6, 6.07) is 11.0. The Morgan fingerprint density at radius 2 is 2.14 bits per heavy atom. The number of hydrogen-bond donors (Lipinski definition) is 1. The van der Waals surface area contributed by atoms with Gasteiger partial charge in [0.1, 0.15) is 6.61 Å². The van der Waals surface area contributed by atoms with Gasteiger partial charge in [0, 0.05) is 13.2 Å². The van der Waals surface area contributed by atoms with E-state index in [9.17, 15) is 4.79 Å². The second kappa shape index (κ2) is 5.70. The fourth-order valence-corrected chi connectivity index (χ4v) is 1.99. The maximum Gasteiger partial charge on any atom is 0.284 e. The molecule has 2 heterocycles. The first-order chi connectivity index (χ1) is 10.2.